The van der Waals surface area contributed by atoms with E-state index in [9.17, 15) is 9.59 Å². The van der Waals surface area contributed by atoms with Gasteiger partial charge < -0.3 is 25.6 Å². The van der Waals surface area contributed by atoms with Gasteiger partial charge in [-0.3, -0.25) is 4.79 Å². The van der Waals surface area contributed by atoms with Gasteiger partial charge >= 0.3 is 6.09 Å². The Morgan fingerprint density at radius 3 is 1.89 bits per heavy atom. The lowest BCUT2D eigenvalue weighted by molar-refractivity contribution is -0.120. The molecule has 0 unspecified atom stereocenters. The molecule has 0 aromatic heterocycles. The number of rotatable bonds is 14. The standard InChI is InChI=1S/C38H44N4O3/c43-36(28-39-37(44)45-29-31-14-5-1-6-15-31)40-30-38(32-16-7-2-8-17-32,33-18-9-3-10-19-33)24-13-25-42-26-22-35(23-27-42)41-34-20-11-4-12-21-34/h1-12,14-21,35,41H,13,22-30H2,(H,39,44)(H,40,43). The van der Waals surface area contributed by atoms with E-state index < -0.39 is 11.5 Å². The van der Waals surface area contributed by atoms with Crippen LogP contribution in [0.3, 0.4) is 0 Å². The highest BCUT2D eigenvalue weighted by Crippen LogP contribution is 2.36. The molecule has 1 aliphatic rings. The zero-order chi connectivity index (χ0) is 31.2. The van der Waals surface area contributed by atoms with Crippen molar-refractivity contribution in [3.05, 3.63) is 138 Å². The van der Waals surface area contributed by atoms with Gasteiger partial charge in [0, 0.05) is 36.8 Å². The first-order chi connectivity index (χ1) is 22.1. The van der Waals surface area contributed by atoms with Gasteiger partial charge in [0.15, 0.2) is 0 Å². The molecule has 0 spiro atoms. The number of nitrogens with zero attached hydrogens (tertiary/aromatic N) is 1. The number of carbonyl (C=O) groups excluding carboxylic acids is 2. The highest BCUT2D eigenvalue weighted by Gasteiger charge is 2.34. The zero-order valence-corrected chi connectivity index (χ0v) is 25.9. The van der Waals surface area contributed by atoms with Crippen molar-refractivity contribution >= 4 is 17.7 Å². The SMILES string of the molecule is O=C(CNC(=O)OCc1ccccc1)NCC(CCCN1CCC(Nc2ccccc2)CC1)(c1ccccc1)c1ccccc1. The van der Waals surface area contributed by atoms with E-state index in [1.807, 2.05) is 48.5 Å². The molecule has 0 bridgehead atoms. The van der Waals surface area contributed by atoms with Crippen molar-refractivity contribution in [3.63, 3.8) is 0 Å². The van der Waals surface area contributed by atoms with Crippen LogP contribution >= 0.6 is 0 Å². The van der Waals surface area contributed by atoms with Gasteiger partial charge in [0.1, 0.15) is 6.61 Å². The molecular formula is C38H44N4O3. The largest absolute Gasteiger partial charge is 0.445 e. The summed E-state index contributed by atoms with van der Waals surface area (Å²) >= 11 is 0. The minimum Gasteiger partial charge on any atom is -0.445 e. The molecule has 1 saturated heterocycles. The molecule has 2 amide bonds. The van der Waals surface area contributed by atoms with Gasteiger partial charge in [0.05, 0.1) is 6.54 Å². The van der Waals surface area contributed by atoms with E-state index in [1.54, 1.807) is 0 Å². The van der Waals surface area contributed by atoms with Crippen LogP contribution in [-0.2, 0) is 21.6 Å². The minimum absolute atomic E-state index is 0.153. The predicted octanol–water partition coefficient (Wildman–Crippen LogP) is 6.37. The van der Waals surface area contributed by atoms with Crippen LogP contribution in [0.2, 0.25) is 0 Å². The van der Waals surface area contributed by atoms with Crippen LogP contribution in [0.5, 0.6) is 0 Å². The maximum atomic E-state index is 13.0. The minimum atomic E-state index is -0.617. The molecule has 3 N–H and O–H groups in total. The molecule has 1 heterocycles. The average Bonchev–Trinajstić information content (AvgIpc) is 3.10. The second kappa shape index (κ2) is 16.5. The third-order valence-electron chi connectivity index (χ3n) is 8.66. The molecule has 7 heteroatoms. The number of alkyl carbamates (subject to hydrolysis) is 1. The molecule has 0 aliphatic carbocycles. The number of likely N-dealkylation sites (tertiary alicyclic amines) is 1. The number of hydrogen-bond acceptors (Lipinski definition) is 5. The van der Waals surface area contributed by atoms with E-state index in [4.69, 9.17) is 4.74 Å². The predicted molar refractivity (Wildman–Crippen MR) is 180 cm³/mol. The number of carbonyl (C=O) groups is 2. The average molecular weight is 605 g/mol. The molecular weight excluding hydrogens is 560 g/mol. The Hall–Kier alpha value is -4.62. The third-order valence-corrected chi connectivity index (χ3v) is 8.66. The van der Waals surface area contributed by atoms with Crippen LogP contribution < -0.4 is 16.0 Å². The van der Waals surface area contributed by atoms with Crippen molar-refractivity contribution in [3.8, 4) is 0 Å². The van der Waals surface area contributed by atoms with Crippen molar-refractivity contribution in [2.45, 2.75) is 43.7 Å². The van der Waals surface area contributed by atoms with Crippen LogP contribution in [-0.4, -0.2) is 55.7 Å². The second-order valence-electron chi connectivity index (χ2n) is 11.7. The molecule has 0 atom stereocenters. The number of nitrogens with one attached hydrogen (secondary N) is 3. The summed E-state index contributed by atoms with van der Waals surface area (Å²) in [5, 5.41) is 9.41. The van der Waals surface area contributed by atoms with Crippen molar-refractivity contribution in [1.29, 1.82) is 0 Å². The summed E-state index contributed by atoms with van der Waals surface area (Å²) in [6, 6.07) is 41.3. The Morgan fingerprint density at radius 2 is 1.29 bits per heavy atom. The van der Waals surface area contributed by atoms with Crippen LogP contribution in [0, 0.1) is 0 Å². The number of piperidine rings is 1. The Bertz CT molecular complexity index is 1400. The van der Waals surface area contributed by atoms with Crippen molar-refractivity contribution < 1.29 is 14.3 Å². The van der Waals surface area contributed by atoms with E-state index in [2.05, 4.69) is 93.6 Å². The fraction of sp³-hybridized carbons (Fsp3) is 0.316. The molecule has 45 heavy (non-hydrogen) atoms. The van der Waals surface area contributed by atoms with Crippen LogP contribution in [0.1, 0.15) is 42.4 Å². The molecule has 1 aliphatic heterocycles. The molecule has 7 nitrogen and oxygen atoms in total. The first-order valence-electron chi connectivity index (χ1n) is 16.0. The van der Waals surface area contributed by atoms with Gasteiger partial charge in [-0.15, -0.1) is 0 Å². The molecule has 1 fully saturated rings. The number of amides is 2. The lowest BCUT2D eigenvalue weighted by Crippen LogP contribution is -2.46. The summed E-state index contributed by atoms with van der Waals surface area (Å²) in [6.45, 7) is 3.56. The van der Waals surface area contributed by atoms with Crippen LogP contribution in [0.25, 0.3) is 0 Å². The number of hydrogen-bond donors (Lipinski definition) is 3. The zero-order valence-electron chi connectivity index (χ0n) is 25.9. The van der Waals surface area contributed by atoms with Crippen LogP contribution in [0.4, 0.5) is 10.5 Å². The first kappa shape index (κ1) is 31.8. The van der Waals surface area contributed by atoms with Gasteiger partial charge in [-0.25, -0.2) is 4.79 Å². The first-order valence-corrected chi connectivity index (χ1v) is 16.0. The number of anilines is 1. The summed E-state index contributed by atoms with van der Waals surface area (Å²) < 4.78 is 5.27. The summed E-state index contributed by atoms with van der Waals surface area (Å²) in [6.07, 6.45) is 3.48. The lowest BCUT2D eigenvalue weighted by atomic mass is 9.71. The number of para-hydroxylation sites is 1. The molecule has 5 rings (SSSR count). The topological polar surface area (TPSA) is 82.7 Å². The quantitative estimate of drug-likeness (QED) is 0.156. The Morgan fingerprint density at radius 1 is 0.733 bits per heavy atom. The van der Waals surface area contributed by atoms with Gasteiger partial charge in [-0.2, -0.15) is 0 Å². The normalized spacial score (nSPS) is 14.0. The smallest absolute Gasteiger partial charge is 0.407 e. The van der Waals surface area contributed by atoms with Gasteiger partial charge in [-0.05, 0) is 61.1 Å². The van der Waals surface area contributed by atoms with Gasteiger partial charge in [0.2, 0.25) is 5.91 Å². The maximum absolute atomic E-state index is 13.0. The Labute approximate surface area is 267 Å². The summed E-state index contributed by atoms with van der Waals surface area (Å²) in [5.41, 5.74) is 3.99. The van der Waals surface area contributed by atoms with E-state index in [1.165, 1.54) is 5.69 Å². The van der Waals surface area contributed by atoms with Crippen molar-refractivity contribution in [2.75, 3.05) is 38.0 Å². The van der Waals surface area contributed by atoms with E-state index >= 15 is 0 Å². The third kappa shape index (κ3) is 9.43. The van der Waals surface area contributed by atoms with E-state index in [0.717, 1.165) is 62.0 Å². The fourth-order valence-electron chi connectivity index (χ4n) is 6.18. The lowest BCUT2D eigenvalue weighted by Gasteiger charge is -2.37. The Balaban J connectivity index is 1.18. The molecule has 4 aromatic rings. The van der Waals surface area contributed by atoms with Crippen molar-refractivity contribution in [1.82, 2.24) is 15.5 Å². The maximum Gasteiger partial charge on any atom is 0.407 e. The number of ether oxygens (including phenoxy) is 1. The summed E-state index contributed by atoms with van der Waals surface area (Å²) in [4.78, 5) is 27.8. The van der Waals surface area contributed by atoms with Crippen molar-refractivity contribution in [2.24, 2.45) is 0 Å². The molecule has 4 aromatic carbocycles. The Kier molecular flexibility index (Phi) is 11.6. The fourth-order valence-corrected chi connectivity index (χ4v) is 6.18. The van der Waals surface area contributed by atoms with Gasteiger partial charge in [-0.1, -0.05) is 109 Å². The van der Waals surface area contributed by atoms with E-state index in [0.29, 0.717) is 12.6 Å². The monoisotopic (exact) mass is 604 g/mol. The van der Waals surface area contributed by atoms with Crippen LogP contribution in [0.15, 0.2) is 121 Å². The molecule has 0 saturated carbocycles. The molecule has 234 valence electrons. The second-order valence-corrected chi connectivity index (χ2v) is 11.7. The highest BCUT2D eigenvalue weighted by molar-refractivity contribution is 5.82. The highest BCUT2D eigenvalue weighted by atomic mass is 16.5. The molecule has 0 radical (unpaired) electrons. The summed E-state index contributed by atoms with van der Waals surface area (Å²) in [7, 11) is 0. The van der Waals surface area contributed by atoms with Gasteiger partial charge in [0.25, 0.3) is 0 Å². The van der Waals surface area contributed by atoms with E-state index in [-0.39, 0.29) is 19.1 Å². The summed E-state index contributed by atoms with van der Waals surface area (Å²) in [5.74, 6) is -0.254. The number of benzene rings is 4.